The molecule has 3 rings (SSSR count). The van der Waals surface area contributed by atoms with E-state index in [1.54, 1.807) is 24.4 Å². The third-order valence-corrected chi connectivity index (χ3v) is 7.08. The summed E-state index contributed by atoms with van der Waals surface area (Å²) in [5, 5.41) is 5.26. The molecule has 172 valence electrons. The monoisotopic (exact) mass is 462 g/mol. The Morgan fingerprint density at radius 2 is 1.84 bits per heavy atom. The predicted octanol–water partition coefficient (Wildman–Crippen LogP) is 1.25. The zero-order valence-corrected chi connectivity index (χ0v) is 18.7. The maximum atomic E-state index is 13.0. The second-order valence-electron chi connectivity index (χ2n) is 7.20. The Hall–Kier alpha value is -3.18. The van der Waals surface area contributed by atoms with E-state index in [9.17, 15) is 18.0 Å². The fourth-order valence-corrected chi connectivity index (χ4v) is 4.92. The molecule has 0 spiro atoms. The van der Waals surface area contributed by atoms with Crippen molar-refractivity contribution in [1.82, 2.24) is 14.6 Å². The average molecular weight is 463 g/mol. The molecule has 2 amide bonds. The van der Waals surface area contributed by atoms with Crippen LogP contribution in [-0.4, -0.2) is 63.4 Å². The summed E-state index contributed by atoms with van der Waals surface area (Å²) >= 11 is 0. The summed E-state index contributed by atoms with van der Waals surface area (Å²) in [4.78, 5) is 28.4. The molecule has 0 aliphatic carbocycles. The summed E-state index contributed by atoms with van der Waals surface area (Å²) in [7, 11) is -0.817. The van der Waals surface area contributed by atoms with Gasteiger partial charge < -0.3 is 20.1 Å². The van der Waals surface area contributed by atoms with Gasteiger partial charge in [0.25, 0.3) is 0 Å². The summed E-state index contributed by atoms with van der Waals surface area (Å²) < 4.78 is 37.7. The molecule has 11 heteroatoms. The number of amides is 2. The summed E-state index contributed by atoms with van der Waals surface area (Å²) in [5.74, 6) is -0.228. The van der Waals surface area contributed by atoms with Crippen LogP contribution in [0.5, 0.6) is 11.5 Å². The number of carbonyl (C=O) groups excluding carboxylic acids is 2. The van der Waals surface area contributed by atoms with Crippen molar-refractivity contribution in [2.24, 2.45) is 5.92 Å². The lowest BCUT2D eigenvalue weighted by Gasteiger charge is -2.30. The highest BCUT2D eigenvalue weighted by molar-refractivity contribution is 7.89. The third kappa shape index (κ3) is 5.54. The molecule has 10 nitrogen and oxygen atoms in total. The first-order chi connectivity index (χ1) is 15.3. The number of aromatic nitrogens is 1. The minimum atomic E-state index is -3.73. The van der Waals surface area contributed by atoms with E-state index >= 15 is 0 Å². The Labute approximate surface area is 187 Å². The summed E-state index contributed by atoms with van der Waals surface area (Å²) in [6, 6.07) is 7.83. The fourth-order valence-electron chi connectivity index (χ4n) is 3.44. The Morgan fingerprint density at radius 3 is 2.47 bits per heavy atom. The quantitative estimate of drug-likeness (QED) is 0.604. The Morgan fingerprint density at radius 1 is 1.12 bits per heavy atom. The second-order valence-corrected chi connectivity index (χ2v) is 9.14. The molecule has 0 radical (unpaired) electrons. The van der Waals surface area contributed by atoms with Crippen LogP contribution in [0.3, 0.4) is 0 Å². The number of methoxy groups -OCH3 is 2. The van der Waals surface area contributed by atoms with Gasteiger partial charge in [-0.2, -0.15) is 4.31 Å². The van der Waals surface area contributed by atoms with Crippen LogP contribution in [0.1, 0.15) is 12.8 Å². The van der Waals surface area contributed by atoms with Gasteiger partial charge in [-0.25, -0.2) is 8.42 Å². The van der Waals surface area contributed by atoms with E-state index in [0.717, 1.165) is 0 Å². The minimum absolute atomic E-state index is 0.102. The number of nitrogens with zero attached hydrogens (tertiary/aromatic N) is 2. The molecule has 1 aromatic carbocycles. The molecule has 1 fully saturated rings. The summed E-state index contributed by atoms with van der Waals surface area (Å²) in [5.41, 5.74) is 0.542. The Balaban J connectivity index is 1.52. The number of nitrogens with one attached hydrogen (secondary N) is 2. The fraction of sp³-hybridized carbons (Fsp3) is 0.381. The smallest absolute Gasteiger partial charge is 0.243 e. The number of carbonyl (C=O) groups is 2. The normalized spacial score (nSPS) is 15.1. The van der Waals surface area contributed by atoms with Gasteiger partial charge in [0.05, 0.1) is 37.5 Å². The van der Waals surface area contributed by atoms with Crippen molar-refractivity contribution in [2.75, 3.05) is 39.2 Å². The zero-order chi connectivity index (χ0) is 23.1. The van der Waals surface area contributed by atoms with E-state index < -0.39 is 10.0 Å². The molecule has 0 saturated carbocycles. The number of ether oxygens (including phenoxy) is 2. The molecule has 1 aromatic heterocycles. The van der Waals surface area contributed by atoms with Crippen molar-refractivity contribution in [2.45, 2.75) is 17.7 Å². The molecule has 1 aliphatic rings. The lowest BCUT2D eigenvalue weighted by molar-refractivity contribution is -0.128. The van der Waals surface area contributed by atoms with Gasteiger partial charge in [-0.1, -0.05) is 0 Å². The van der Waals surface area contributed by atoms with Crippen molar-refractivity contribution in [3.63, 3.8) is 0 Å². The first-order valence-electron chi connectivity index (χ1n) is 10.0. The largest absolute Gasteiger partial charge is 0.493 e. The second kappa shape index (κ2) is 10.4. The first-order valence-corrected chi connectivity index (χ1v) is 11.5. The highest BCUT2D eigenvalue weighted by atomic mass is 32.2. The van der Waals surface area contributed by atoms with Gasteiger partial charge >= 0.3 is 0 Å². The number of pyridine rings is 1. The third-order valence-electron chi connectivity index (χ3n) is 5.19. The molecule has 1 aliphatic heterocycles. The molecule has 0 atom stereocenters. The lowest BCUT2D eigenvalue weighted by Crippen LogP contribution is -2.44. The Kier molecular flexibility index (Phi) is 7.65. The molecular formula is C21H26N4O6S. The van der Waals surface area contributed by atoms with Crippen LogP contribution >= 0.6 is 0 Å². The lowest BCUT2D eigenvalue weighted by atomic mass is 9.97. The van der Waals surface area contributed by atoms with Crippen molar-refractivity contribution in [3.8, 4) is 11.5 Å². The van der Waals surface area contributed by atoms with Gasteiger partial charge in [0.15, 0.2) is 11.5 Å². The maximum absolute atomic E-state index is 13.0. The molecule has 0 unspecified atom stereocenters. The highest BCUT2D eigenvalue weighted by Gasteiger charge is 2.32. The highest BCUT2D eigenvalue weighted by Crippen LogP contribution is 2.32. The number of sulfonamides is 1. The average Bonchev–Trinajstić information content (AvgIpc) is 2.82. The van der Waals surface area contributed by atoms with Crippen LogP contribution in [0.15, 0.2) is 47.6 Å². The standard InChI is InChI=1S/C21H26N4O6S/c1-30-18-6-5-17(12-19(18)31-2)32(28,29)25-10-7-15(8-11-25)21(27)23-14-20(26)24-16-4-3-9-22-13-16/h3-6,9,12-13,15H,7-8,10-11,14H2,1-2H3,(H,23,27)(H,24,26). The number of benzene rings is 1. The van der Waals surface area contributed by atoms with E-state index in [1.807, 2.05) is 0 Å². The maximum Gasteiger partial charge on any atom is 0.243 e. The van der Waals surface area contributed by atoms with Gasteiger partial charge in [0, 0.05) is 31.3 Å². The van der Waals surface area contributed by atoms with Gasteiger partial charge in [-0.05, 0) is 37.1 Å². The molecule has 2 N–H and O–H groups in total. The van der Waals surface area contributed by atoms with E-state index in [1.165, 1.54) is 36.9 Å². The molecule has 0 bridgehead atoms. The van der Waals surface area contributed by atoms with Crippen LogP contribution in [0.2, 0.25) is 0 Å². The summed E-state index contributed by atoms with van der Waals surface area (Å²) in [6.45, 7) is 0.241. The Bertz CT molecular complexity index is 1050. The van der Waals surface area contributed by atoms with Crippen LogP contribution in [0.25, 0.3) is 0 Å². The number of piperidine rings is 1. The van der Waals surface area contributed by atoms with Crippen molar-refractivity contribution >= 4 is 27.5 Å². The number of rotatable bonds is 8. The summed E-state index contributed by atoms with van der Waals surface area (Å²) in [6.07, 6.45) is 3.83. The molecule has 1 saturated heterocycles. The van der Waals surface area contributed by atoms with E-state index in [0.29, 0.717) is 30.0 Å². The van der Waals surface area contributed by atoms with Crippen LogP contribution < -0.4 is 20.1 Å². The first kappa shape index (κ1) is 23.5. The SMILES string of the molecule is COc1ccc(S(=O)(=O)N2CCC(C(=O)NCC(=O)Nc3cccnc3)CC2)cc1OC. The molecule has 2 aromatic rings. The number of hydrogen-bond acceptors (Lipinski definition) is 7. The molecular weight excluding hydrogens is 436 g/mol. The van der Waals surface area contributed by atoms with E-state index in [-0.39, 0.29) is 42.3 Å². The zero-order valence-electron chi connectivity index (χ0n) is 17.9. The van der Waals surface area contributed by atoms with Gasteiger partial charge in [0.1, 0.15) is 0 Å². The predicted molar refractivity (Wildman–Crippen MR) is 117 cm³/mol. The van der Waals surface area contributed by atoms with Gasteiger partial charge in [-0.3, -0.25) is 14.6 Å². The van der Waals surface area contributed by atoms with E-state index in [2.05, 4.69) is 15.6 Å². The van der Waals surface area contributed by atoms with Crippen LogP contribution in [0, 0.1) is 5.92 Å². The van der Waals surface area contributed by atoms with Crippen LogP contribution in [0.4, 0.5) is 5.69 Å². The van der Waals surface area contributed by atoms with Gasteiger partial charge in [0.2, 0.25) is 21.8 Å². The van der Waals surface area contributed by atoms with Crippen molar-refractivity contribution < 1.29 is 27.5 Å². The van der Waals surface area contributed by atoms with Crippen molar-refractivity contribution in [1.29, 1.82) is 0 Å². The molecule has 2 heterocycles. The topological polar surface area (TPSA) is 127 Å². The number of hydrogen-bond donors (Lipinski definition) is 2. The van der Waals surface area contributed by atoms with Crippen molar-refractivity contribution in [3.05, 3.63) is 42.7 Å². The minimum Gasteiger partial charge on any atom is -0.493 e. The molecule has 32 heavy (non-hydrogen) atoms. The van der Waals surface area contributed by atoms with Gasteiger partial charge in [-0.15, -0.1) is 0 Å². The number of anilines is 1. The van der Waals surface area contributed by atoms with Crippen LogP contribution in [-0.2, 0) is 19.6 Å². The van der Waals surface area contributed by atoms with E-state index in [4.69, 9.17) is 9.47 Å².